The summed E-state index contributed by atoms with van der Waals surface area (Å²) in [5, 5.41) is 3.06. The molecule has 1 saturated carbocycles. The van der Waals surface area contributed by atoms with Gasteiger partial charge in [0, 0.05) is 18.0 Å². The van der Waals surface area contributed by atoms with E-state index >= 15 is 0 Å². The molecule has 3 nitrogen and oxygen atoms in total. The molecule has 0 aromatic rings. The minimum Gasteiger partial charge on any atom is -0.354 e. The average Bonchev–Trinajstić information content (AvgIpc) is 2.44. The quantitative estimate of drug-likeness (QED) is 0.766. The first kappa shape index (κ1) is 15.5. The maximum absolute atomic E-state index is 12.1. The first-order chi connectivity index (χ1) is 8.54. The Morgan fingerprint density at radius 2 is 1.72 bits per heavy atom. The molecule has 3 heteroatoms. The Kier molecular flexibility index (Phi) is 6.13. The van der Waals surface area contributed by atoms with Crippen molar-refractivity contribution in [3.05, 3.63) is 0 Å². The molecule has 0 spiro atoms. The lowest BCUT2D eigenvalue weighted by atomic mass is 9.80. The molecular formula is C15H30N2O. The van der Waals surface area contributed by atoms with Crippen molar-refractivity contribution in [2.45, 2.75) is 71.3 Å². The molecule has 1 fully saturated rings. The second-order valence-electron chi connectivity index (χ2n) is 5.91. The minimum atomic E-state index is -0.226. The van der Waals surface area contributed by atoms with Crippen LogP contribution < -0.4 is 11.1 Å². The van der Waals surface area contributed by atoms with Gasteiger partial charge in [-0.25, -0.2) is 0 Å². The number of hydrogen-bond acceptors (Lipinski definition) is 2. The molecule has 0 aliphatic heterocycles. The number of amides is 1. The van der Waals surface area contributed by atoms with Crippen molar-refractivity contribution < 1.29 is 4.79 Å². The lowest BCUT2D eigenvalue weighted by Crippen LogP contribution is -2.50. The molecule has 1 aliphatic rings. The van der Waals surface area contributed by atoms with Gasteiger partial charge < -0.3 is 11.1 Å². The molecule has 0 aromatic heterocycles. The number of carbonyl (C=O) groups is 1. The van der Waals surface area contributed by atoms with Crippen LogP contribution >= 0.6 is 0 Å². The summed E-state index contributed by atoms with van der Waals surface area (Å²) in [7, 11) is 0. The van der Waals surface area contributed by atoms with Gasteiger partial charge in [-0.05, 0) is 44.4 Å². The summed E-state index contributed by atoms with van der Waals surface area (Å²) in [5.74, 6) is 1.29. The number of carbonyl (C=O) groups excluding carboxylic acids is 1. The second kappa shape index (κ2) is 7.13. The Balaban J connectivity index is 2.33. The summed E-state index contributed by atoms with van der Waals surface area (Å²) >= 11 is 0. The highest BCUT2D eigenvalue weighted by molar-refractivity contribution is 5.78. The van der Waals surface area contributed by atoms with Crippen molar-refractivity contribution in [2.75, 3.05) is 6.54 Å². The molecule has 0 saturated heterocycles. The van der Waals surface area contributed by atoms with Gasteiger partial charge in [-0.3, -0.25) is 4.79 Å². The normalized spacial score (nSPS) is 24.9. The predicted octanol–water partition coefficient (Wildman–Crippen LogP) is 2.84. The van der Waals surface area contributed by atoms with Crippen LogP contribution in [0.1, 0.15) is 65.7 Å². The van der Waals surface area contributed by atoms with E-state index in [1.165, 1.54) is 19.3 Å². The summed E-state index contributed by atoms with van der Waals surface area (Å²) < 4.78 is 0. The van der Waals surface area contributed by atoms with E-state index in [0.29, 0.717) is 6.54 Å². The zero-order chi connectivity index (χ0) is 13.6. The molecule has 0 unspecified atom stereocenters. The van der Waals surface area contributed by atoms with E-state index < -0.39 is 0 Å². The van der Waals surface area contributed by atoms with Crippen LogP contribution in [0.4, 0.5) is 0 Å². The Hall–Kier alpha value is -0.570. The number of nitrogens with one attached hydrogen (secondary N) is 1. The zero-order valence-electron chi connectivity index (χ0n) is 12.3. The maximum Gasteiger partial charge on any atom is 0.223 e. The van der Waals surface area contributed by atoms with Gasteiger partial charge in [-0.2, -0.15) is 0 Å². The van der Waals surface area contributed by atoms with Gasteiger partial charge in [0.1, 0.15) is 0 Å². The van der Waals surface area contributed by atoms with Gasteiger partial charge >= 0.3 is 0 Å². The minimum absolute atomic E-state index is 0.223. The van der Waals surface area contributed by atoms with Crippen LogP contribution in [0.5, 0.6) is 0 Å². The van der Waals surface area contributed by atoms with Gasteiger partial charge in [0.15, 0.2) is 0 Å². The van der Waals surface area contributed by atoms with Crippen LogP contribution in [-0.4, -0.2) is 18.0 Å². The second-order valence-corrected chi connectivity index (χ2v) is 5.91. The van der Waals surface area contributed by atoms with Crippen LogP contribution in [0.25, 0.3) is 0 Å². The summed E-state index contributed by atoms with van der Waals surface area (Å²) in [4.78, 5) is 12.1. The molecule has 18 heavy (non-hydrogen) atoms. The topological polar surface area (TPSA) is 55.1 Å². The third-order valence-corrected chi connectivity index (χ3v) is 4.82. The van der Waals surface area contributed by atoms with Crippen molar-refractivity contribution in [3.63, 3.8) is 0 Å². The number of nitrogens with two attached hydrogens (primary N) is 1. The lowest BCUT2D eigenvalue weighted by Gasteiger charge is -2.30. The van der Waals surface area contributed by atoms with Crippen molar-refractivity contribution in [2.24, 2.45) is 17.6 Å². The predicted molar refractivity (Wildman–Crippen MR) is 76.2 cm³/mol. The van der Waals surface area contributed by atoms with Crippen molar-refractivity contribution in [1.29, 1.82) is 0 Å². The fraction of sp³-hybridized carbons (Fsp3) is 0.933. The van der Waals surface area contributed by atoms with Gasteiger partial charge in [-0.1, -0.05) is 27.2 Å². The smallest absolute Gasteiger partial charge is 0.223 e. The molecule has 1 rings (SSSR count). The fourth-order valence-corrected chi connectivity index (χ4v) is 2.74. The number of hydrogen-bond donors (Lipinski definition) is 2. The molecule has 0 radical (unpaired) electrons. The third-order valence-electron chi connectivity index (χ3n) is 4.82. The average molecular weight is 254 g/mol. The van der Waals surface area contributed by atoms with E-state index in [0.717, 1.165) is 31.6 Å². The zero-order valence-corrected chi connectivity index (χ0v) is 12.3. The standard InChI is InChI=1S/C15H30N2O/c1-4-12-7-9-13(10-8-12)14(18)17-11-15(16,5-2)6-3/h12-13H,4-11,16H2,1-3H3,(H,17,18). The van der Waals surface area contributed by atoms with Crippen molar-refractivity contribution in [1.82, 2.24) is 5.32 Å². The molecule has 0 bridgehead atoms. The van der Waals surface area contributed by atoms with Crippen LogP contribution in [-0.2, 0) is 4.79 Å². The molecule has 3 N–H and O–H groups in total. The van der Waals surface area contributed by atoms with Gasteiger partial charge in [0.05, 0.1) is 0 Å². The molecular weight excluding hydrogens is 224 g/mol. The molecule has 1 aliphatic carbocycles. The Bertz CT molecular complexity index is 253. The summed E-state index contributed by atoms with van der Waals surface area (Å²) in [6.45, 7) is 7.03. The Labute approximate surface area is 112 Å². The fourth-order valence-electron chi connectivity index (χ4n) is 2.74. The van der Waals surface area contributed by atoms with Crippen LogP contribution in [0.2, 0.25) is 0 Å². The highest BCUT2D eigenvalue weighted by Gasteiger charge is 2.27. The summed E-state index contributed by atoms with van der Waals surface area (Å²) in [6.07, 6.45) is 7.61. The van der Waals surface area contributed by atoms with Gasteiger partial charge in [-0.15, -0.1) is 0 Å². The Morgan fingerprint density at radius 1 is 1.17 bits per heavy atom. The summed E-state index contributed by atoms with van der Waals surface area (Å²) in [6, 6.07) is 0. The maximum atomic E-state index is 12.1. The molecule has 1 amide bonds. The third kappa shape index (κ3) is 4.27. The van der Waals surface area contributed by atoms with Crippen molar-refractivity contribution >= 4 is 5.91 Å². The van der Waals surface area contributed by atoms with Crippen LogP contribution in [0.15, 0.2) is 0 Å². The van der Waals surface area contributed by atoms with Gasteiger partial charge in [0.2, 0.25) is 5.91 Å². The van der Waals surface area contributed by atoms with E-state index in [-0.39, 0.29) is 17.4 Å². The van der Waals surface area contributed by atoms with E-state index in [2.05, 4.69) is 26.1 Å². The van der Waals surface area contributed by atoms with Crippen LogP contribution in [0, 0.1) is 11.8 Å². The molecule has 0 atom stereocenters. The van der Waals surface area contributed by atoms with E-state index in [1.807, 2.05) is 0 Å². The summed E-state index contributed by atoms with van der Waals surface area (Å²) in [5.41, 5.74) is 5.98. The van der Waals surface area contributed by atoms with E-state index in [1.54, 1.807) is 0 Å². The highest BCUT2D eigenvalue weighted by atomic mass is 16.1. The lowest BCUT2D eigenvalue weighted by molar-refractivity contribution is -0.126. The van der Waals surface area contributed by atoms with Gasteiger partial charge in [0.25, 0.3) is 0 Å². The van der Waals surface area contributed by atoms with Crippen molar-refractivity contribution in [3.8, 4) is 0 Å². The first-order valence-electron chi connectivity index (χ1n) is 7.61. The molecule has 106 valence electrons. The van der Waals surface area contributed by atoms with E-state index in [4.69, 9.17) is 5.73 Å². The molecule has 0 aromatic carbocycles. The van der Waals surface area contributed by atoms with E-state index in [9.17, 15) is 4.79 Å². The van der Waals surface area contributed by atoms with Crippen LogP contribution in [0.3, 0.4) is 0 Å². The SMILES string of the molecule is CCC1CCC(C(=O)NCC(N)(CC)CC)CC1. The largest absolute Gasteiger partial charge is 0.354 e. The highest BCUT2D eigenvalue weighted by Crippen LogP contribution is 2.30. The first-order valence-corrected chi connectivity index (χ1v) is 7.61. The number of rotatable bonds is 6. The monoisotopic (exact) mass is 254 g/mol. The molecule has 0 heterocycles. The Morgan fingerprint density at radius 3 is 2.17 bits per heavy atom.